The molecule has 10 heteroatoms. The summed E-state index contributed by atoms with van der Waals surface area (Å²) in [4.78, 5) is 46.2. The molecule has 1 heterocycles. The van der Waals surface area contributed by atoms with Crippen molar-refractivity contribution in [3.8, 4) is 0 Å². The van der Waals surface area contributed by atoms with Gasteiger partial charge < -0.3 is 29.4 Å². The molecule has 1 saturated heterocycles. The van der Waals surface area contributed by atoms with E-state index in [1.54, 1.807) is 20.8 Å². The normalized spacial score (nSPS) is 25.4. The number of hydrogen-bond donors (Lipinski definition) is 2. The number of carbonyl (C=O) groups is 4. The van der Waals surface area contributed by atoms with Crippen LogP contribution in [0.1, 0.15) is 47.0 Å². The van der Waals surface area contributed by atoms with E-state index in [1.165, 1.54) is 6.92 Å². The molecule has 0 spiro atoms. The SMILES string of the molecule is CCC(=O)OC[C@@H](OC(=O)CC)[C@H]1O[C@H](NC(C)=O)[C@H](OC(=O)CC)[C@H]1O. The lowest BCUT2D eigenvalue weighted by Crippen LogP contribution is -2.46. The molecule has 10 nitrogen and oxygen atoms in total. The molecule has 1 rings (SSSR count). The Morgan fingerprint density at radius 3 is 2.15 bits per heavy atom. The molecule has 0 aromatic rings. The van der Waals surface area contributed by atoms with Crippen molar-refractivity contribution in [2.24, 2.45) is 0 Å². The topological polar surface area (TPSA) is 137 Å². The standard InChI is InChI=1S/C17H27NO9/c1-5-11(20)24-8-10(25-12(21)6-2)15-14(23)16(26-13(22)7-3)17(27-15)18-9(4)19/h10,14-17,23H,5-8H2,1-4H3,(H,18,19)/t10-,14+,15-,16-,17+/m1/s1. The maximum Gasteiger partial charge on any atom is 0.306 e. The monoisotopic (exact) mass is 389 g/mol. The maximum atomic E-state index is 11.7. The lowest BCUT2D eigenvalue weighted by Gasteiger charge is -2.25. The lowest BCUT2D eigenvalue weighted by molar-refractivity contribution is -0.172. The van der Waals surface area contributed by atoms with E-state index in [0.717, 1.165) is 0 Å². The Hall–Kier alpha value is -2.20. The van der Waals surface area contributed by atoms with Crippen LogP contribution in [0.3, 0.4) is 0 Å². The van der Waals surface area contributed by atoms with Crippen molar-refractivity contribution in [3.63, 3.8) is 0 Å². The first kappa shape index (κ1) is 22.8. The number of aliphatic hydroxyl groups is 1. The fourth-order valence-corrected chi connectivity index (χ4v) is 2.41. The highest BCUT2D eigenvalue weighted by molar-refractivity contribution is 5.73. The van der Waals surface area contributed by atoms with Gasteiger partial charge in [0.05, 0.1) is 0 Å². The summed E-state index contributed by atoms with van der Waals surface area (Å²) in [5.41, 5.74) is 0. The molecular weight excluding hydrogens is 362 g/mol. The van der Waals surface area contributed by atoms with Crippen LogP contribution in [0.2, 0.25) is 0 Å². The molecule has 0 aliphatic carbocycles. The Labute approximate surface area is 157 Å². The third-order valence-corrected chi connectivity index (χ3v) is 3.81. The van der Waals surface area contributed by atoms with Crippen LogP contribution in [0.5, 0.6) is 0 Å². The Morgan fingerprint density at radius 1 is 1.04 bits per heavy atom. The largest absolute Gasteiger partial charge is 0.462 e. The molecule has 1 amide bonds. The summed E-state index contributed by atoms with van der Waals surface area (Å²) in [5.74, 6) is -2.18. The first-order valence-corrected chi connectivity index (χ1v) is 8.88. The van der Waals surface area contributed by atoms with Crippen molar-refractivity contribution in [1.29, 1.82) is 0 Å². The van der Waals surface area contributed by atoms with Crippen molar-refractivity contribution in [1.82, 2.24) is 5.32 Å². The quantitative estimate of drug-likeness (QED) is 0.406. The molecule has 0 saturated carbocycles. The second kappa shape index (κ2) is 10.8. The fourth-order valence-electron chi connectivity index (χ4n) is 2.41. The third kappa shape index (κ3) is 6.79. The molecule has 2 N–H and O–H groups in total. The number of rotatable bonds is 9. The predicted molar refractivity (Wildman–Crippen MR) is 90.1 cm³/mol. The zero-order chi connectivity index (χ0) is 20.6. The first-order valence-electron chi connectivity index (χ1n) is 8.88. The summed E-state index contributed by atoms with van der Waals surface area (Å²) in [6, 6.07) is 0. The van der Waals surface area contributed by atoms with Crippen molar-refractivity contribution in [3.05, 3.63) is 0 Å². The van der Waals surface area contributed by atoms with Gasteiger partial charge in [0.25, 0.3) is 0 Å². The number of hydrogen-bond acceptors (Lipinski definition) is 9. The molecule has 0 aromatic carbocycles. The minimum absolute atomic E-state index is 0.0586. The van der Waals surface area contributed by atoms with Gasteiger partial charge in [-0.25, -0.2) is 0 Å². The van der Waals surface area contributed by atoms with Crippen molar-refractivity contribution in [2.45, 2.75) is 77.6 Å². The minimum Gasteiger partial charge on any atom is -0.462 e. The number of aliphatic hydroxyl groups excluding tert-OH is 1. The third-order valence-electron chi connectivity index (χ3n) is 3.81. The van der Waals surface area contributed by atoms with Crippen LogP contribution < -0.4 is 5.32 Å². The molecular formula is C17H27NO9. The number of amides is 1. The first-order chi connectivity index (χ1) is 12.7. The number of esters is 3. The highest BCUT2D eigenvalue weighted by Crippen LogP contribution is 2.27. The average Bonchev–Trinajstić information content (AvgIpc) is 2.93. The van der Waals surface area contributed by atoms with Crippen LogP contribution in [0.15, 0.2) is 0 Å². The van der Waals surface area contributed by atoms with Crippen molar-refractivity contribution < 1.29 is 43.2 Å². The van der Waals surface area contributed by atoms with E-state index < -0.39 is 54.5 Å². The smallest absolute Gasteiger partial charge is 0.306 e. The van der Waals surface area contributed by atoms with Crippen molar-refractivity contribution in [2.75, 3.05) is 6.61 Å². The molecule has 1 aliphatic rings. The van der Waals surface area contributed by atoms with Gasteiger partial charge >= 0.3 is 17.9 Å². The number of nitrogens with one attached hydrogen (secondary N) is 1. The molecule has 1 fully saturated rings. The van der Waals surface area contributed by atoms with E-state index in [2.05, 4.69) is 5.32 Å². The van der Waals surface area contributed by atoms with Gasteiger partial charge in [-0.05, 0) is 0 Å². The van der Waals surface area contributed by atoms with E-state index in [9.17, 15) is 24.3 Å². The minimum atomic E-state index is -1.41. The van der Waals surface area contributed by atoms with Gasteiger partial charge in [0, 0.05) is 26.2 Å². The Balaban J connectivity index is 3.00. The molecule has 154 valence electrons. The summed E-state index contributed by atoms with van der Waals surface area (Å²) in [7, 11) is 0. The number of carbonyl (C=O) groups excluding carboxylic acids is 4. The molecule has 27 heavy (non-hydrogen) atoms. The molecule has 0 unspecified atom stereocenters. The van der Waals surface area contributed by atoms with Crippen LogP contribution in [-0.2, 0) is 38.1 Å². The summed E-state index contributed by atoms with van der Waals surface area (Å²) in [6.45, 7) is 5.64. The van der Waals surface area contributed by atoms with Gasteiger partial charge in [0.1, 0.15) is 18.8 Å². The zero-order valence-electron chi connectivity index (χ0n) is 15.9. The second-order valence-electron chi connectivity index (χ2n) is 5.94. The molecule has 0 aromatic heterocycles. The molecule has 5 atom stereocenters. The summed E-state index contributed by atoms with van der Waals surface area (Å²) in [5, 5.41) is 13.0. The molecule has 0 bridgehead atoms. The fraction of sp³-hybridized carbons (Fsp3) is 0.765. The van der Waals surface area contributed by atoms with E-state index in [-0.39, 0.29) is 25.9 Å². The van der Waals surface area contributed by atoms with Gasteiger partial charge in [-0.2, -0.15) is 0 Å². The average molecular weight is 389 g/mol. The summed E-state index contributed by atoms with van der Waals surface area (Å²) >= 11 is 0. The summed E-state index contributed by atoms with van der Waals surface area (Å²) in [6.07, 6.45) is -5.81. The predicted octanol–water partition coefficient (Wildman–Crippen LogP) is -0.195. The van der Waals surface area contributed by atoms with Crippen LogP contribution in [0.25, 0.3) is 0 Å². The van der Waals surface area contributed by atoms with Crippen LogP contribution in [-0.4, -0.2) is 66.2 Å². The lowest BCUT2D eigenvalue weighted by atomic mass is 10.1. The summed E-state index contributed by atoms with van der Waals surface area (Å²) < 4.78 is 21.0. The number of ether oxygens (including phenoxy) is 4. The van der Waals surface area contributed by atoms with E-state index in [1.807, 2.05) is 0 Å². The highest BCUT2D eigenvalue weighted by atomic mass is 16.6. The van der Waals surface area contributed by atoms with Gasteiger partial charge in [0.2, 0.25) is 5.91 Å². The van der Waals surface area contributed by atoms with E-state index >= 15 is 0 Å². The van der Waals surface area contributed by atoms with E-state index in [0.29, 0.717) is 0 Å². The van der Waals surface area contributed by atoms with Crippen LogP contribution >= 0.6 is 0 Å². The van der Waals surface area contributed by atoms with Gasteiger partial charge in [0.15, 0.2) is 18.4 Å². The Kier molecular flexibility index (Phi) is 9.16. The van der Waals surface area contributed by atoms with Crippen LogP contribution in [0, 0.1) is 0 Å². The molecule has 1 aliphatic heterocycles. The van der Waals surface area contributed by atoms with Crippen molar-refractivity contribution >= 4 is 23.8 Å². The van der Waals surface area contributed by atoms with Crippen LogP contribution in [0.4, 0.5) is 0 Å². The highest BCUT2D eigenvalue weighted by Gasteiger charge is 2.51. The van der Waals surface area contributed by atoms with Gasteiger partial charge in [-0.3, -0.25) is 19.2 Å². The van der Waals surface area contributed by atoms with E-state index in [4.69, 9.17) is 18.9 Å². The molecule has 0 radical (unpaired) electrons. The zero-order valence-corrected chi connectivity index (χ0v) is 15.9. The van der Waals surface area contributed by atoms with Gasteiger partial charge in [-0.1, -0.05) is 20.8 Å². The second-order valence-corrected chi connectivity index (χ2v) is 5.94. The Bertz CT molecular complexity index is 551. The maximum absolute atomic E-state index is 11.7. The van der Waals surface area contributed by atoms with Gasteiger partial charge in [-0.15, -0.1) is 0 Å². The Morgan fingerprint density at radius 2 is 1.63 bits per heavy atom.